The van der Waals surface area contributed by atoms with E-state index in [0.717, 1.165) is 31.1 Å². The van der Waals surface area contributed by atoms with Gasteiger partial charge in [-0.25, -0.2) is 0 Å². The molecule has 0 heterocycles. The van der Waals surface area contributed by atoms with Crippen molar-refractivity contribution < 1.29 is 14.3 Å². The van der Waals surface area contributed by atoms with Crippen LogP contribution in [0.15, 0.2) is 30.3 Å². The third kappa shape index (κ3) is 2.56. The molecule has 0 saturated heterocycles. The van der Waals surface area contributed by atoms with Gasteiger partial charge in [-0.15, -0.1) is 0 Å². The van der Waals surface area contributed by atoms with Gasteiger partial charge < -0.3 is 4.74 Å². The first kappa shape index (κ1) is 17.3. The summed E-state index contributed by atoms with van der Waals surface area (Å²) in [5.74, 6) is 1.13. The number of Topliss-reactive ketones (excluding diaryl/α,β-unsaturated/α-hetero) is 1. The minimum absolute atomic E-state index is 0.0909. The summed E-state index contributed by atoms with van der Waals surface area (Å²) in [7, 11) is 0. The molecule has 2 aromatic rings. The zero-order chi connectivity index (χ0) is 18.5. The molecule has 0 N–H and O–H groups in total. The Bertz CT molecular complexity index is 898. The largest absolute Gasteiger partial charge is 0.426 e. The average molecular weight is 350 g/mol. The number of hydrogen-bond acceptors (Lipinski definition) is 3. The molecule has 0 aliphatic heterocycles. The lowest BCUT2D eigenvalue weighted by atomic mass is 9.66. The van der Waals surface area contributed by atoms with Crippen LogP contribution in [-0.4, -0.2) is 11.8 Å². The van der Waals surface area contributed by atoms with Crippen molar-refractivity contribution in [2.75, 3.05) is 0 Å². The van der Waals surface area contributed by atoms with E-state index < -0.39 is 0 Å². The molecular weight excluding hydrogens is 324 g/mol. The van der Waals surface area contributed by atoms with Gasteiger partial charge in [0.1, 0.15) is 11.5 Å². The van der Waals surface area contributed by atoms with Crippen LogP contribution in [0.2, 0.25) is 0 Å². The maximum absolute atomic E-state index is 12.4. The van der Waals surface area contributed by atoms with Gasteiger partial charge in [-0.2, -0.15) is 0 Å². The summed E-state index contributed by atoms with van der Waals surface area (Å²) in [6.45, 7) is 6.03. The van der Waals surface area contributed by atoms with Crippen LogP contribution in [-0.2, 0) is 16.0 Å². The highest BCUT2D eigenvalue weighted by Crippen LogP contribution is 2.54. The molecule has 3 heteroatoms. The van der Waals surface area contributed by atoms with Gasteiger partial charge in [-0.05, 0) is 65.6 Å². The average Bonchev–Trinajstić information content (AvgIpc) is 2.95. The summed E-state index contributed by atoms with van der Waals surface area (Å²) in [4.78, 5) is 24.4. The van der Waals surface area contributed by atoms with Crippen LogP contribution in [0, 0.1) is 11.3 Å². The smallest absolute Gasteiger partial charge is 0.314 e. The standard InChI is InChI=1S/C23H26O3/c1-4-14(2)22(25)26-16-6-8-17-15(13-16)5-7-19-18(17)11-12-23(3)20(19)9-10-21(23)24/h5-8,13-14,20H,4,9-12H2,1-3H3. The molecule has 3 unspecified atom stereocenters. The summed E-state index contributed by atoms with van der Waals surface area (Å²) in [5.41, 5.74) is 2.55. The predicted octanol–water partition coefficient (Wildman–Crippen LogP) is 5.19. The van der Waals surface area contributed by atoms with Crippen molar-refractivity contribution in [3.63, 3.8) is 0 Å². The molecule has 4 rings (SSSR count). The first-order valence-corrected chi connectivity index (χ1v) is 9.74. The topological polar surface area (TPSA) is 43.4 Å². The lowest BCUT2D eigenvalue weighted by Gasteiger charge is -2.37. The first-order chi connectivity index (χ1) is 12.4. The summed E-state index contributed by atoms with van der Waals surface area (Å²) in [6.07, 6.45) is 4.34. The molecule has 3 atom stereocenters. The van der Waals surface area contributed by atoms with E-state index in [1.807, 2.05) is 26.0 Å². The van der Waals surface area contributed by atoms with Crippen LogP contribution in [0.25, 0.3) is 10.8 Å². The normalized spacial score (nSPS) is 25.7. The number of ketones is 1. The van der Waals surface area contributed by atoms with E-state index in [0.29, 0.717) is 23.9 Å². The number of aryl methyl sites for hydroxylation is 1. The number of carbonyl (C=O) groups excluding carboxylic acids is 2. The second-order valence-electron chi connectivity index (χ2n) is 8.18. The third-order valence-electron chi connectivity index (χ3n) is 6.71. The van der Waals surface area contributed by atoms with Gasteiger partial charge in [0, 0.05) is 11.8 Å². The zero-order valence-electron chi connectivity index (χ0n) is 15.8. The Morgan fingerprint density at radius 1 is 1.27 bits per heavy atom. The molecule has 0 bridgehead atoms. The fourth-order valence-corrected chi connectivity index (χ4v) is 4.71. The van der Waals surface area contributed by atoms with Crippen LogP contribution in [0.1, 0.15) is 63.5 Å². The van der Waals surface area contributed by atoms with E-state index in [1.165, 1.54) is 16.5 Å². The molecule has 1 fully saturated rings. The van der Waals surface area contributed by atoms with Crippen LogP contribution in [0.3, 0.4) is 0 Å². The Balaban J connectivity index is 1.70. The number of rotatable bonds is 3. The molecule has 2 aromatic carbocycles. The first-order valence-electron chi connectivity index (χ1n) is 9.74. The van der Waals surface area contributed by atoms with Gasteiger partial charge in [0.2, 0.25) is 0 Å². The Labute approximate surface area is 154 Å². The summed E-state index contributed by atoms with van der Waals surface area (Å²) in [6, 6.07) is 10.2. The van der Waals surface area contributed by atoms with Crippen LogP contribution >= 0.6 is 0 Å². The highest BCUT2D eigenvalue weighted by Gasteiger charge is 2.49. The number of esters is 1. The fraction of sp³-hybridized carbons (Fsp3) is 0.478. The van der Waals surface area contributed by atoms with Gasteiger partial charge in [0.25, 0.3) is 0 Å². The molecule has 26 heavy (non-hydrogen) atoms. The molecule has 3 nitrogen and oxygen atoms in total. The molecule has 0 radical (unpaired) electrons. The maximum Gasteiger partial charge on any atom is 0.314 e. The van der Waals surface area contributed by atoms with Crippen LogP contribution < -0.4 is 4.74 Å². The Morgan fingerprint density at radius 3 is 2.85 bits per heavy atom. The van der Waals surface area contributed by atoms with E-state index in [2.05, 4.69) is 25.1 Å². The van der Waals surface area contributed by atoms with Crippen LogP contribution in [0.5, 0.6) is 5.75 Å². The zero-order valence-corrected chi connectivity index (χ0v) is 15.8. The molecule has 1 saturated carbocycles. The molecule has 2 aliphatic carbocycles. The number of benzene rings is 2. The minimum atomic E-state index is -0.176. The van der Waals surface area contributed by atoms with E-state index in [9.17, 15) is 9.59 Å². The SMILES string of the molecule is CCC(C)C(=O)Oc1ccc2c3c(ccc2c1)C1CCC(=O)C1(C)CC3. The highest BCUT2D eigenvalue weighted by atomic mass is 16.5. The molecule has 0 aromatic heterocycles. The van der Waals surface area contributed by atoms with Crippen molar-refractivity contribution in [1.29, 1.82) is 0 Å². The predicted molar refractivity (Wildman–Crippen MR) is 102 cm³/mol. The molecular formula is C23H26O3. The molecule has 0 amide bonds. The van der Waals surface area contributed by atoms with Crippen LogP contribution in [0.4, 0.5) is 0 Å². The number of hydrogen-bond donors (Lipinski definition) is 0. The highest BCUT2D eigenvalue weighted by molar-refractivity contribution is 5.92. The lowest BCUT2D eigenvalue weighted by molar-refractivity contribution is -0.138. The Kier molecular flexibility index (Phi) is 4.13. The van der Waals surface area contributed by atoms with Gasteiger partial charge in [0.05, 0.1) is 5.92 Å². The number of ether oxygens (including phenoxy) is 1. The third-order valence-corrected chi connectivity index (χ3v) is 6.71. The fourth-order valence-electron chi connectivity index (χ4n) is 4.71. The Hall–Kier alpha value is -2.16. The summed E-state index contributed by atoms with van der Waals surface area (Å²) < 4.78 is 5.54. The van der Waals surface area contributed by atoms with Gasteiger partial charge in [-0.1, -0.05) is 39.0 Å². The van der Waals surface area contributed by atoms with E-state index in [-0.39, 0.29) is 17.3 Å². The maximum atomic E-state index is 12.4. The van der Waals surface area contributed by atoms with Crippen molar-refractivity contribution in [3.8, 4) is 5.75 Å². The second kappa shape index (κ2) is 6.22. The van der Waals surface area contributed by atoms with Crippen molar-refractivity contribution >= 4 is 22.5 Å². The van der Waals surface area contributed by atoms with Crippen molar-refractivity contribution in [2.45, 2.75) is 58.8 Å². The van der Waals surface area contributed by atoms with Crippen molar-refractivity contribution in [2.24, 2.45) is 11.3 Å². The van der Waals surface area contributed by atoms with E-state index >= 15 is 0 Å². The summed E-state index contributed by atoms with van der Waals surface area (Å²) >= 11 is 0. The van der Waals surface area contributed by atoms with Gasteiger partial charge in [-0.3, -0.25) is 9.59 Å². The molecule has 2 aliphatic rings. The van der Waals surface area contributed by atoms with Crippen molar-refractivity contribution in [1.82, 2.24) is 0 Å². The van der Waals surface area contributed by atoms with E-state index in [1.54, 1.807) is 0 Å². The van der Waals surface area contributed by atoms with E-state index in [4.69, 9.17) is 4.74 Å². The number of fused-ring (bicyclic) bond motifs is 5. The monoisotopic (exact) mass is 350 g/mol. The lowest BCUT2D eigenvalue weighted by Crippen LogP contribution is -2.32. The quantitative estimate of drug-likeness (QED) is 0.565. The molecule has 0 spiro atoms. The molecule has 136 valence electrons. The van der Waals surface area contributed by atoms with Gasteiger partial charge in [0.15, 0.2) is 0 Å². The van der Waals surface area contributed by atoms with Crippen molar-refractivity contribution in [3.05, 3.63) is 41.5 Å². The number of carbonyl (C=O) groups is 2. The van der Waals surface area contributed by atoms with Gasteiger partial charge >= 0.3 is 5.97 Å². The Morgan fingerprint density at radius 2 is 2.08 bits per heavy atom. The second-order valence-corrected chi connectivity index (χ2v) is 8.18. The minimum Gasteiger partial charge on any atom is -0.426 e. The summed E-state index contributed by atoms with van der Waals surface area (Å²) in [5, 5.41) is 2.33.